The highest BCUT2D eigenvalue weighted by Crippen LogP contribution is 2.61. The van der Waals surface area contributed by atoms with Gasteiger partial charge in [-0.25, -0.2) is 0 Å². The Hall–Kier alpha value is -8.72. The van der Waals surface area contributed by atoms with Crippen molar-refractivity contribution in [3.8, 4) is 55.6 Å². The van der Waals surface area contributed by atoms with Crippen molar-refractivity contribution in [3.05, 3.63) is 277 Å². The SMILES string of the molecule is CC1(C)C2=CC3c4ccc(-c5cccc6c5oc5ccccc56)cc4C(C)(C)C3C=C2c2ccc(N(c3ccc(-c4ccc(-c5ccccc5)cc4)cc3)c3ccc(-c4ccc(-c5ccccc5)cc4)cc3)cc21. The van der Waals surface area contributed by atoms with Crippen molar-refractivity contribution < 1.29 is 4.42 Å². The largest absolute Gasteiger partial charge is 0.455 e. The molecule has 1 aromatic heterocycles. The molecule has 10 aromatic carbocycles. The highest BCUT2D eigenvalue weighted by atomic mass is 16.3. The van der Waals surface area contributed by atoms with Crippen molar-refractivity contribution in [1.82, 2.24) is 0 Å². The molecule has 0 bridgehead atoms. The van der Waals surface area contributed by atoms with Crippen LogP contribution in [0.15, 0.2) is 259 Å². The lowest BCUT2D eigenvalue weighted by atomic mass is 9.70. The fraction of sp³-hybridized carbons (Fsp3) is 0.111. The fourth-order valence-corrected chi connectivity index (χ4v) is 12.8. The molecule has 0 N–H and O–H groups in total. The minimum atomic E-state index is -0.205. The van der Waals surface area contributed by atoms with E-state index in [4.69, 9.17) is 4.42 Å². The first-order valence-corrected chi connectivity index (χ1v) is 26.1. The summed E-state index contributed by atoms with van der Waals surface area (Å²) in [5, 5.41) is 2.33. The number of benzene rings is 10. The van der Waals surface area contributed by atoms with Gasteiger partial charge in [0.25, 0.3) is 0 Å². The molecule has 11 aromatic rings. The van der Waals surface area contributed by atoms with E-state index in [1.54, 1.807) is 0 Å². The molecular weight excluding hydrogens is 895 g/mol. The Morgan fingerprint density at radius 1 is 0.378 bits per heavy atom. The highest BCUT2D eigenvalue weighted by Gasteiger charge is 2.50. The molecule has 3 aliphatic rings. The van der Waals surface area contributed by atoms with Crippen LogP contribution in [0.1, 0.15) is 55.9 Å². The maximum Gasteiger partial charge on any atom is 0.143 e. The minimum absolute atomic E-state index is 0.0807. The zero-order valence-corrected chi connectivity index (χ0v) is 42.2. The highest BCUT2D eigenvalue weighted by molar-refractivity contribution is 6.09. The third-order valence-corrected chi connectivity index (χ3v) is 16.8. The quantitative estimate of drug-likeness (QED) is 0.151. The van der Waals surface area contributed by atoms with E-state index in [9.17, 15) is 0 Å². The number of hydrogen-bond acceptors (Lipinski definition) is 2. The first kappa shape index (κ1) is 44.0. The summed E-state index contributed by atoms with van der Waals surface area (Å²) >= 11 is 0. The van der Waals surface area contributed by atoms with Crippen molar-refractivity contribution in [2.45, 2.75) is 44.4 Å². The van der Waals surface area contributed by atoms with Crippen molar-refractivity contribution in [1.29, 1.82) is 0 Å². The van der Waals surface area contributed by atoms with Crippen LogP contribution in [0.5, 0.6) is 0 Å². The molecule has 0 fully saturated rings. The van der Waals surface area contributed by atoms with Crippen LogP contribution in [0, 0.1) is 5.92 Å². The molecule has 2 nitrogen and oxygen atoms in total. The van der Waals surface area contributed by atoms with Gasteiger partial charge in [-0.3, -0.25) is 0 Å². The monoisotopic (exact) mass is 949 g/mol. The van der Waals surface area contributed by atoms with Crippen molar-refractivity contribution in [2.24, 2.45) is 5.92 Å². The molecule has 1 heterocycles. The van der Waals surface area contributed by atoms with Crippen LogP contribution in [-0.4, -0.2) is 0 Å². The van der Waals surface area contributed by atoms with E-state index >= 15 is 0 Å². The molecule has 2 heteroatoms. The number of nitrogens with zero attached hydrogens (tertiary/aromatic N) is 1. The summed E-state index contributed by atoms with van der Waals surface area (Å²) in [6.45, 7) is 9.77. The second kappa shape index (κ2) is 16.9. The molecule has 0 radical (unpaired) electrons. The second-order valence-corrected chi connectivity index (χ2v) is 21.7. The standard InChI is InChI=1S/C72H55NO/c1-71(2)65-42-54(58-19-13-20-62-61-18-11-12-21-69(61)74-70(58)62)34-40-59(65)63-44-68-64(45-67(63)71)60-41-39-57(43-66(60)72(68,3)4)73(55-35-30-52(31-36-55)50-26-22-48(23-27-50)46-14-7-5-8-15-46)56-37-32-53(33-38-56)51-28-24-49(25-29-51)47-16-9-6-10-17-47/h5-45,63,67H,1-4H3. The van der Waals surface area contributed by atoms with E-state index in [0.717, 1.165) is 39.2 Å². The lowest BCUT2D eigenvalue weighted by Crippen LogP contribution is -2.27. The molecular formula is C72H55NO. The molecule has 354 valence electrons. The predicted molar refractivity (Wildman–Crippen MR) is 310 cm³/mol. The van der Waals surface area contributed by atoms with Crippen LogP contribution < -0.4 is 4.90 Å². The number of hydrogen-bond donors (Lipinski definition) is 0. The van der Waals surface area contributed by atoms with E-state index in [0.29, 0.717) is 11.8 Å². The van der Waals surface area contributed by atoms with Crippen molar-refractivity contribution in [2.75, 3.05) is 4.90 Å². The summed E-state index contributed by atoms with van der Waals surface area (Å²) < 4.78 is 6.53. The maximum atomic E-state index is 6.53. The van der Waals surface area contributed by atoms with Crippen LogP contribution >= 0.6 is 0 Å². The average molecular weight is 950 g/mol. The number of fused-ring (bicyclic) bond motifs is 9. The fourth-order valence-electron chi connectivity index (χ4n) is 12.8. The van der Waals surface area contributed by atoms with E-state index in [1.807, 2.05) is 0 Å². The summed E-state index contributed by atoms with van der Waals surface area (Å²) in [6, 6.07) is 86.6. The maximum absolute atomic E-state index is 6.53. The summed E-state index contributed by atoms with van der Waals surface area (Å²) in [5.41, 5.74) is 25.4. The van der Waals surface area contributed by atoms with Crippen LogP contribution in [-0.2, 0) is 10.8 Å². The molecule has 74 heavy (non-hydrogen) atoms. The van der Waals surface area contributed by atoms with E-state index in [1.165, 1.54) is 88.9 Å². The van der Waals surface area contributed by atoms with Gasteiger partial charge in [0.1, 0.15) is 11.2 Å². The molecule has 0 amide bonds. The summed E-state index contributed by atoms with van der Waals surface area (Å²) in [4.78, 5) is 2.43. The van der Waals surface area contributed by atoms with Gasteiger partial charge in [-0.2, -0.15) is 0 Å². The third kappa shape index (κ3) is 7.07. The molecule has 0 saturated heterocycles. The van der Waals surface area contributed by atoms with Gasteiger partial charge in [0.2, 0.25) is 0 Å². The number of furan rings is 1. The molecule has 0 aliphatic heterocycles. The zero-order chi connectivity index (χ0) is 49.7. The van der Waals surface area contributed by atoms with Crippen LogP contribution in [0.4, 0.5) is 17.1 Å². The van der Waals surface area contributed by atoms with Gasteiger partial charge in [-0.15, -0.1) is 0 Å². The lowest BCUT2D eigenvalue weighted by Gasteiger charge is -2.33. The topological polar surface area (TPSA) is 16.4 Å². The number of rotatable bonds is 8. The Morgan fingerprint density at radius 3 is 1.45 bits per heavy atom. The van der Waals surface area contributed by atoms with Gasteiger partial charge < -0.3 is 9.32 Å². The molecule has 3 aliphatic carbocycles. The van der Waals surface area contributed by atoms with Gasteiger partial charge in [-0.1, -0.05) is 234 Å². The van der Waals surface area contributed by atoms with E-state index in [-0.39, 0.29) is 10.8 Å². The van der Waals surface area contributed by atoms with Gasteiger partial charge in [-0.05, 0) is 137 Å². The summed E-state index contributed by atoms with van der Waals surface area (Å²) in [6.07, 6.45) is 5.28. The number of para-hydroxylation sites is 2. The van der Waals surface area contributed by atoms with Crippen molar-refractivity contribution >= 4 is 44.6 Å². The number of allylic oxidation sites excluding steroid dienone is 4. The lowest BCUT2D eigenvalue weighted by molar-refractivity contribution is 0.393. The Bertz CT molecular complexity index is 3900. The first-order valence-electron chi connectivity index (χ1n) is 26.1. The number of anilines is 3. The second-order valence-electron chi connectivity index (χ2n) is 21.7. The minimum Gasteiger partial charge on any atom is -0.455 e. The average Bonchev–Trinajstić information content (AvgIpc) is 4.09. The Balaban J connectivity index is 0.814. The van der Waals surface area contributed by atoms with Crippen molar-refractivity contribution in [3.63, 3.8) is 0 Å². The normalized spacial score (nSPS) is 16.8. The molecule has 0 spiro atoms. The molecule has 2 unspecified atom stereocenters. The van der Waals surface area contributed by atoms with Gasteiger partial charge in [0.15, 0.2) is 0 Å². The van der Waals surface area contributed by atoms with Gasteiger partial charge >= 0.3 is 0 Å². The molecule has 0 saturated carbocycles. The van der Waals surface area contributed by atoms with Crippen LogP contribution in [0.25, 0.3) is 83.1 Å². The van der Waals surface area contributed by atoms with Gasteiger partial charge in [0, 0.05) is 44.7 Å². The zero-order valence-electron chi connectivity index (χ0n) is 42.2. The smallest absolute Gasteiger partial charge is 0.143 e. The predicted octanol–water partition coefficient (Wildman–Crippen LogP) is 19.7. The Morgan fingerprint density at radius 2 is 0.865 bits per heavy atom. The third-order valence-electron chi connectivity index (χ3n) is 16.8. The van der Waals surface area contributed by atoms with Crippen LogP contribution in [0.2, 0.25) is 0 Å². The molecule has 14 rings (SSSR count). The van der Waals surface area contributed by atoms with Gasteiger partial charge in [0.05, 0.1) is 0 Å². The van der Waals surface area contributed by atoms with E-state index in [2.05, 4.69) is 281 Å². The summed E-state index contributed by atoms with van der Waals surface area (Å²) in [5.74, 6) is 0.619. The van der Waals surface area contributed by atoms with Crippen LogP contribution in [0.3, 0.4) is 0 Å². The first-order chi connectivity index (χ1) is 36.2. The summed E-state index contributed by atoms with van der Waals surface area (Å²) in [7, 11) is 0. The molecule has 2 atom stereocenters. The van der Waals surface area contributed by atoms with E-state index < -0.39 is 0 Å². The Labute approximate surface area is 434 Å². The Kier molecular flexibility index (Phi) is 10.1.